The number of anilines is 1. The summed E-state index contributed by atoms with van der Waals surface area (Å²) >= 11 is 0. The molecule has 0 radical (unpaired) electrons. The van der Waals surface area contributed by atoms with Crippen LogP contribution in [0.2, 0.25) is 0 Å². The molecule has 0 fully saturated rings. The van der Waals surface area contributed by atoms with Gasteiger partial charge in [0.25, 0.3) is 11.8 Å². The number of ether oxygens (including phenoxy) is 2. The van der Waals surface area contributed by atoms with Gasteiger partial charge in [-0.05, 0) is 42.8 Å². The minimum Gasteiger partial charge on any atom is -0.434 e. The molecular formula is C21H13F8N3O4S. The Labute approximate surface area is 204 Å². The Hall–Kier alpha value is -3.82. The molecule has 0 aliphatic rings. The lowest BCUT2D eigenvalue weighted by atomic mass is 10.1. The first kappa shape index (κ1) is 27.8. The van der Waals surface area contributed by atoms with Crippen LogP contribution in [0.5, 0.6) is 17.4 Å². The van der Waals surface area contributed by atoms with Crippen LogP contribution in [0.3, 0.4) is 0 Å². The molecule has 0 aliphatic carbocycles. The van der Waals surface area contributed by atoms with Gasteiger partial charge in [-0.3, -0.25) is 9.00 Å². The molecule has 1 N–H and O–H groups in total. The van der Waals surface area contributed by atoms with E-state index < -0.39 is 75.1 Å². The normalized spacial score (nSPS) is 12.7. The predicted molar refractivity (Wildman–Crippen MR) is 112 cm³/mol. The molecule has 16 heteroatoms. The number of hydrogen-bond acceptors (Lipinski definition) is 6. The topological polar surface area (TPSA) is 90.4 Å². The summed E-state index contributed by atoms with van der Waals surface area (Å²) in [5, 5.41) is 8.36. The maximum atomic E-state index is 14.4. The Morgan fingerprint density at radius 2 is 1.59 bits per heavy atom. The highest BCUT2D eigenvalue weighted by Gasteiger charge is 2.39. The molecular weight excluding hydrogens is 542 g/mol. The van der Waals surface area contributed by atoms with E-state index in [1.165, 1.54) is 30.5 Å². The highest BCUT2D eigenvalue weighted by Crippen LogP contribution is 2.37. The Kier molecular flexibility index (Phi) is 7.71. The third-order valence-electron chi connectivity index (χ3n) is 4.55. The molecule has 2 aromatic carbocycles. The molecule has 7 nitrogen and oxygen atoms in total. The summed E-state index contributed by atoms with van der Waals surface area (Å²) in [6.07, 6.45) is -9.08. The fourth-order valence-electron chi connectivity index (χ4n) is 2.95. The number of amides is 1. The molecule has 198 valence electrons. The highest BCUT2D eigenvalue weighted by molar-refractivity contribution is 7.84. The second-order valence-corrected chi connectivity index (χ2v) is 8.51. The van der Waals surface area contributed by atoms with Crippen LogP contribution in [0.15, 0.2) is 41.3 Å². The maximum Gasteiger partial charge on any atom is 0.573 e. The van der Waals surface area contributed by atoms with Crippen molar-refractivity contribution in [2.45, 2.75) is 24.4 Å². The number of alkyl halides is 6. The number of nitrogens with zero attached hydrogens (tertiary/aromatic N) is 2. The first-order valence-electron chi connectivity index (χ1n) is 9.69. The second kappa shape index (κ2) is 10.3. The van der Waals surface area contributed by atoms with Crippen molar-refractivity contribution in [3.05, 3.63) is 64.9 Å². The quantitative estimate of drug-likeness (QED) is 0.389. The number of nitrogens with one attached hydrogen (secondary N) is 1. The van der Waals surface area contributed by atoms with Gasteiger partial charge in [0, 0.05) is 27.6 Å². The minimum absolute atomic E-state index is 0.0132. The number of hydrogen-bond donors (Lipinski definition) is 1. The van der Waals surface area contributed by atoms with Crippen LogP contribution >= 0.6 is 0 Å². The zero-order chi connectivity index (χ0) is 27.7. The molecule has 1 heterocycles. The monoisotopic (exact) mass is 555 g/mol. The molecule has 1 atom stereocenters. The lowest BCUT2D eigenvalue weighted by molar-refractivity contribution is -0.275. The van der Waals surface area contributed by atoms with Crippen LogP contribution in [0.25, 0.3) is 0 Å². The second-order valence-electron chi connectivity index (χ2n) is 7.13. The van der Waals surface area contributed by atoms with E-state index in [1.54, 1.807) is 0 Å². The van der Waals surface area contributed by atoms with E-state index in [0.717, 1.165) is 6.92 Å². The fraction of sp³-hybridized carbons (Fsp3) is 0.190. The van der Waals surface area contributed by atoms with Gasteiger partial charge in [0.2, 0.25) is 11.6 Å². The van der Waals surface area contributed by atoms with Crippen molar-refractivity contribution in [1.29, 1.82) is 0 Å². The molecule has 0 saturated carbocycles. The van der Waals surface area contributed by atoms with Crippen LogP contribution in [0.1, 0.15) is 21.6 Å². The van der Waals surface area contributed by atoms with E-state index in [1.807, 2.05) is 0 Å². The van der Waals surface area contributed by atoms with Crippen molar-refractivity contribution in [2.75, 3.05) is 11.6 Å². The van der Waals surface area contributed by atoms with Crippen molar-refractivity contribution in [3.63, 3.8) is 0 Å². The van der Waals surface area contributed by atoms with E-state index in [9.17, 15) is 44.1 Å². The van der Waals surface area contributed by atoms with Crippen LogP contribution in [-0.2, 0) is 17.0 Å². The summed E-state index contributed by atoms with van der Waals surface area (Å²) < 4.78 is 126. The van der Waals surface area contributed by atoms with Crippen LogP contribution in [-0.4, -0.2) is 32.9 Å². The Bertz CT molecular complexity index is 1380. The standard InChI is InChI=1S/C21H13F8N3O4S/c1-9-14(18(33)30-10-4-3-5-11(8-10)37(2)34)19(32-31-17(9)20(24,25)26)35-12-6-7-13(16(23)15(12)22)36-21(27,28)29/h3-8H,1-2H3,(H,30,33)/t37-/m0/s1. The Balaban J connectivity index is 2.06. The highest BCUT2D eigenvalue weighted by atomic mass is 32.2. The lowest BCUT2D eigenvalue weighted by Crippen LogP contribution is -2.21. The van der Waals surface area contributed by atoms with Crippen molar-refractivity contribution < 1.29 is 53.6 Å². The molecule has 1 aromatic heterocycles. The third-order valence-corrected chi connectivity index (χ3v) is 5.47. The van der Waals surface area contributed by atoms with E-state index in [2.05, 4.69) is 20.3 Å². The molecule has 0 spiro atoms. The van der Waals surface area contributed by atoms with Crippen LogP contribution < -0.4 is 14.8 Å². The third kappa shape index (κ3) is 6.49. The van der Waals surface area contributed by atoms with E-state index in [0.29, 0.717) is 12.1 Å². The largest absolute Gasteiger partial charge is 0.573 e. The van der Waals surface area contributed by atoms with Crippen molar-refractivity contribution in [3.8, 4) is 17.4 Å². The van der Waals surface area contributed by atoms with Gasteiger partial charge in [-0.2, -0.15) is 22.0 Å². The van der Waals surface area contributed by atoms with Crippen LogP contribution in [0.4, 0.5) is 40.8 Å². The Morgan fingerprint density at radius 1 is 0.973 bits per heavy atom. The number of benzene rings is 2. The smallest absolute Gasteiger partial charge is 0.434 e. The van der Waals surface area contributed by atoms with Crippen molar-refractivity contribution in [1.82, 2.24) is 10.2 Å². The van der Waals surface area contributed by atoms with Gasteiger partial charge in [0.15, 0.2) is 17.2 Å². The van der Waals surface area contributed by atoms with Gasteiger partial charge in [-0.25, -0.2) is 0 Å². The van der Waals surface area contributed by atoms with E-state index in [4.69, 9.17) is 4.74 Å². The number of aromatic nitrogens is 2. The maximum absolute atomic E-state index is 14.4. The number of halogens is 8. The molecule has 0 unspecified atom stereocenters. The van der Waals surface area contributed by atoms with E-state index >= 15 is 0 Å². The molecule has 37 heavy (non-hydrogen) atoms. The van der Waals surface area contributed by atoms with Crippen molar-refractivity contribution in [2.24, 2.45) is 0 Å². The number of carbonyl (C=O) groups excluding carboxylic acids is 1. The van der Waals surface area contributed by atoms with Gasteiger partial charge >= 0.3 is 12.5 Å². The summed E-state index contributed by atoms with van der Waals surface area (Å²) in [6, 6.07) is 6.31. The average molecular weight is 555 g/mol. The molecule has 0 bridgehead atoms. The van der Waals surface area contributed by atoms with Gasteiger partial charge < -0.3 is 14.8 Å². The fourth-order valence-corrected chi connectivity index (χ4v) is 3.52. The van der Waals surface area contributed by atoms with Gasteiger partial charge in [0.05, 0.1) is 0 Å². The first-order valence-corrected chi connectivity index (χ1v) is 11.2. The first-order chi connectivity index (χ1) is 17.1. The zero-order valence-electron chi connectivity index (χ0n) is 18.4. The Morgan fingerprint density at radius 3 is 2.19 bits per heavy atom. The average Bonchev–Trinajstić information content (AvgIpc) is 2.77. The summed E-state index contributed by atoms with van der Waals surface area (Å²) in [6.45, 7) is 0.841. The number of rotatable bonds is 6. The van der Waals surface area contributed by atoms with Crippen molar-refractivity contribution >= 4 is 22.4 Å². The predicted octanol–water partition coefficient (Wildman–Crippen LogP) is 5.76. The summed E-state index contributed by atoms with van der Waals surface area (Å²) in [7, 11) is -1.47. The minimum atomic E-state index is -5.35. The van der Waals surface area contributed by atoms with Crippen LogP contribution in [0, 0.1) is 18.6 Å². The molecule has 1 amide bonds. The SMILES string of the molecule is Cc1c(C(F)(F)F)nnc(Oc2ccc(OC(F)(F)F)c(F)c2F)c1C(=O)Nc1cccc([S@](C)=O)c1. The van der Waals surface area contributed by atoms with Gasteiger partial charge in [0.1, 0.15) is 5.56 Å². The van der Waals surface area contributed by atoms with Gasteiger partial charge in [-0.15, -0.1) is 23.4 Å². The summed E-state index contributed by atoms with van der Waals surface area (Å²) in [5.74, 6) is -9.06. The molecule has 3 aromatic rings. The molecule has 0 saturated heterocycles. The molecule has 0 aliphatic heterocycles. The van der Waals surface area contributed by atoms with E-state index in [-0.39, 0.29) is 10.6 Å². The summed E-state index contributed by atoms with van der Waals surface area (Å²) in [5.41, 5.74) is -3.27. The van der Waals surface area contributed by atoms with Gasteiger partial charge in [-0.1, -0.05) is 6.07 Å². The summed E-state index contributed by atoms with van der Waals surface area (Å²) in [4.78, 5) is 13.2. The lowest BCUT2D eigenvalue weighted by Gasteiger charge is -2.17. The zero-order valence-corrected chi connectivity index (χ0v) is 19.2. The molecule has 3 rings (SSSR count). The number of carbonyl (C=O) groups is 1.